The summed E-state index contributed by atoms with van der Waals surface area (Å²) in [6.07, 6.45) is 1.74. The Balaban J connectivity index is 1.34. The molecule has 2 aromatic carbocycles. The van der Waals surface area contributed by atoms with Gasteiger partial charge in [-0.3, -0.25) is 4.79 Å². The van der Waals surface area contributed by atoms with E-state index < -0.39 is 5.60 Å². The molecule has 0 bridgehead atoms. The van der Waals surface area contributed by atoms with Crippen molar-refractivity contribution in [2.75, 3.05) is 13.1 Å². The van der Waals surface area contributed by atoms with Crippen LogP contribution in [0.1, 0.15) is 40.7 Å². The van der Waals surface area contributed by atoms with Crippen molar-refractivity contribution < 1.29 is 14.3 Å². The second kappa shape index (κ2) is 7.06. The average molecular weight is 364 g/mol. The van der Waals surface area contributed by atoms with E-state index in [1.165, 1.54) is 5.56 Å². The summed E-state index contributed by atoms with van der Waals surface area (Å²) in [6.45, 7) is 3.75. The molecule has 0 aliphatic carbocycles. The molecular formula is C22H24N2O3. The number of hydrogen-bond acceptors (Lipinski definition) is 3. The first-order valence-electron chi connectivity index (χ1n) is 9.44. The van der Waals surface area contributed by atoms with Crippen LogP contribution in [0.4, 0.5) is 4.79 Å². The van der Waals surface area contributed by atoms with E-state index in [1.54, 1.807) is 0 Å². The number of nitrogens with one attached hydrogen (secondary N) is 1. The van der Waals surface area contributed by atoms with E-state index in [9.17, 15) is 9.59 Å². The number of ether oxygens (including phenoxy) is 1. The number of hydrogen-bond donors (Lipinski definition) is 1. The molecule has 2 aliphatic heterocycles. The Morgan fingerprint density at radius 3 is 2.56 bits per heavy atom. The topological polar surface area (TPSA) is 58.6 Å². The van der Waals surface area contributed by atoms with Crippen LogP contribution in [0, 0.1) is 6.92 Å². The van der Waals surface area contributed by atoms with Gasteiger partial charge in [0.1, 0.15) is 11.4 Å². The van der Waals surface area contributed by atoms with Crippen LogP contribution in [-0.2, 0) is 6.54 Å². The quantitative estimate of drug-likeness (QED) is 0.884. The van der Waals surface area contributed by atoms with E-state index in [4.69, 9.17) is 4.74 Å². The van der Waals surface area contributed by atoms with Gasteiger partial charge in [-0.15, -0.1) is 0 Å². The van der Waals surface area contributed by atoms with Crippen LogP contribution in [0.25, 0.3) is 0 Å². The van der Waals surface area contributed by atoms with E-state index in [0.29, 0.717) is 50.2 Å². The molecule has 0 radical (unpaired) electrons. The fourth-order valence-electron chi connectivity index (χ4n) is 3.83. The molecular weight excluding hydrogens is 340 g/mol. The standard InChI is InChI=1S/C22H24N2O3/c1-16-6-8-17(9-7-16)15-23-21(26)24-12-10-22(11-13-24)14-19(25)18-4-2-3-5-20(18)27-22/h2-9H,10-15H2,1H3,(H,23,26). The first kappa shape index (κ1) is 17.6. The number of rotatable bonds is 2. The van der Waals surface area contributed by atoms with Gasteiger partial charge in [0, 0.05) is 32.5 Å². The second-order valence-electron chi connectivity index (χ2n) is 7.51. The summed E-state index contributed by atoms with van der Waals surface area (Å²) >= 11 is 0. The Morgan fingerprint density at radius 1 is 1.11 bits per heavy atom. The number of piperidine rings is 1. The molecule has 2 aliphatic rings. The second-order valence-corrected chi connectivity index (χ2v) is 7.51. The summed E-state index contributed by atoms with van der Waals surface area (Å²) in [5.74, 6) is 0.806. The van der Waals surface area contributed by atoms with E-state index >= 15 is 0 Å². The third kappa shape index (κ3) is 3.68. The van der Waals surface area contributed by atoms with Gasteiger partial charge in [-0.2, -0.15) is 0 Å². The minimum absolute atomic E-state index is 0.0621. The Bertz CT molecular complexity index is 852. The minimum Gasteiger partial charge on any atom is -0.486 e. The normalized spacial score (nSPS) is 18.0. The number of aryl methyl sites for hydroxylation is 1. The van der Waals surface area contributed by atoms with Gasteiger partial charge in [-0.05, 0) is 24.6 Å². The van der Waals surface area contributed by atoms with Crippen molar-refractivity contribution in [2.24, 2.45) is 0 Å². The molecule has 0 atom stereocenters. The van der Waals surface area contributed by atoms with E-state index in [2.05, 4.69) is 5.32 Å². The Hall–Kier alpha value is -2.82. The zero-order valence-electron chi connectivity index (χ0n) is 15.5. The largest absolute Gasteiger partial charge is 0.486 e. The molecule has 0 unspecified atom stereocenters. The van der Waals surface area contributed by atoms with E-state index in [1.807, 2.05) is 60.4 Å². The van der Waals surface area contributed by atoms with Gasteiger partial charge in [0.05, 0.1) is 12.0 Å². The highest BCUT2D eigenvalue weighted by Crippen LogP contribution is 2.39. The van der Waals surface area contributed by atoms with Crippen molar-refractivity contribution >= 4 is 11.8 Å². The number of para-hydroxylation sites is 1. The number of urea groups is 1. The maximum atomic E-state index is 12.5. The highest BCUT2D eigenvalue weighted by molar-refractivity contribution is 6.00. The number of ketones is 1. The lowest BCUT2D eigenvalue weighted by atomic mass is 9.82. The summed E-state index contributed by atoms with van der Waals surface area (Å²) < 4.78 is 6.22. The summed E-state index contributed by atoms with van der Waals surface area (Å²) in [5.41, 5.74) is 2.48. The zero-order valence-corrected chi connectivity index (χ0v) is 15.5. The molecule has 5 heteroatoms. The van der Waals surface area contributed by atoms with Gasteiger partial charge in [0.15, 0.2) is 5.78 Å². The fraction of sp³-hybridized carbons (Fsp3) is 0.364. The van der Waals surface area contributed by atoms with E-state index in [-0.39, 0.29) is 11.8 Å². The number of Topliss-reactive ketones (excluding diaryl/α,β-unsaturated/α-hetero) is 1. The predicted molar refractivity (Wildman–Crippen MR) is 103 cm³/mol. The number of nitrogens with zero attached hydrogens (tertiary/aromatic N) is 1. The molecule has 2 heterocycles. The summed E-state index contributed by atoms with van der Waals surface area (Å²) in [4.78, 5) is 26.8. The maximum absolute atomic E-state index is 12.5. The third-order valence-corrected chi connectivity index (χ3v) is 5.52. The van der Waals surface area contributed by atoms with Crippen LogP contribution in [0.15, 0.2) is 48.5 Å². The molecule has 27 heavy (non-hydrogen) atoms. The lowest BCUT2D eigenvalue weighted by molar-refractivity contribution is -0.000697. The maximum Gasteiger partial charge on any atom is 0.317 e. The first-order valence-corrected chi connectivity index (χ1v) is 9.44. The van der Waals surface area contributed by atoms with Gasteiger partial charge < -0.3 is 15.0 Å². The van der Waals surface area contributed by atoms with Gasteiger partial charge >= 0.3 is 6.03 Å². The first-order chi connectivity index (χ1) is 13.0. The van der Waals surface area contributed by atoms with Crippen molar-refractivity contribution in [3.05, 3.63) is 65.2 Å². The van der Waals surface area contributed by atoms with Crippen LogP contribution in [0.5, 0.6) is 5.75 Å². The summed E-state index contributed by atoms with van der Waals surface area (Å²) in [7, 11) is 0. The zero-order chi connectivity index (χ0) is 18.9. The van der Waals surface area contributed by atoms with Crippen molar-refractivity contribution in [3.63, 3.8) is 0 Å². The molecule has 5 nitrogen and oxygen atoms in total. The van der Waals surface area contributed by atoms with Crippen LogP contribution in [-0.4, -0.2) is 35.4 Å². The number of benzene rings is 2. The highest BCUT2D eigenvalue weighted by Gasteiger charge is 2.43. The van der Waals surface area contributed by atoms with Crippen molar-refractivity contribution in [1.82, 2.24) is 10.2 Å². The average Bonchev–Trinajstić information content (AvgIpc) is 2.68. The Kier molecular flexibility index (Phi) is 4.60. The van der Waals surface area contributed by atoms with Gasteiger partial charge in [-0.1, -0.05) is 42.0 Å². The molecule has 0 aromatic heterocycles. The lowest BCUT2D eigenvalue weighted by Crippen LogP contribution is -2.54. The van der Waals surface area contributed by atoms with Crippen molar-refractivity contribution in [2.45, 2.75) is 38.3 Å². The van der Waals surface area contributed by atoms with Gasteiger partial charge in [-0.25, -0.2) is 4.79 Å². The molecule has 4 rings (SSSR count). The van der Waals surface area contributed by atoms with Gasteiger partial charge in [0.25, 0.3) is 0 Å². The number of amides is 2. The van der Waals surface area contributed by atoms with Crippen LogP contribution in [0.2, 0.25) is 0 Å². The third-order valence-electron chi connectivity index (χ3n) is 5.52. The number of carbonyl (C=O) groups is 2. The Morgan fingerprint density at radius 2 is 1.81 bits per heavy atom. The molecule has 2 amide bonds. The smallest absolute Gasteiger partial charge is 0.317 e. The molecule has 2 aromatic rings. The molecule has 1 spiro atoms. The SMILES string of the molecule is Cc1ccc(CNC(=O)N2CCC3(CC2)CC(=O)c2ccccc2O3)cc1. The number of fused-ring (bicyclic) bond motifs is 1. The van der Waals surface area contributed by atoms with Crippen LogP contribution >= 0.6 is 0 Å². The van der Waals surface area contributed by atoms with Crippen LogP contribution < -0.4 is 10.1 Å². The number of carbonyl (C=O) groups excluding carboxylic acids is 2. The monoisotopic (exact) mass is 364 g/mol. The van der Waals surface area contributed by atoms with E-state index in [0.717, 1.165) is 5.56 Å². The van der Waals surface area contributed by atoms with Crippen molar-refractivity contribution in [3.8, 4) is 5.75 Å². The molecule has 1 fully saturated rings. The number of likely N-dealkylation sites (tertiary alicyclic amines) is 1. The summed E-state index contributed by atoms with van der Waals surface area (Å²) in [5, 5.41) is 2.98. The minimum atomic E-state index is -0.473. The Labute approximate surface area is 159 Å². The van der Waals surface area contributed by atoms with Gasteiger partial charge in [0.2, 0.25) is 0 Å². The molecule has 1 saturated heterocycles. The molecule has 1 N–H and O–H groups in total. The lowest BCUT2D eigenvalue weighted by Gasteiger charge is -2.43. The fourth-order valence-corrected chi connectivity index (χ4v) is 3.83. The highest BCUT2D eigenvalue weighted by atomic mass is 16.5. The molecule has 140 valence electrons. The molecule has 0 saturated carbocycles. The summed E-state index contributed by atoms with van der Waals surface area (Å²) in [6, 6.07) is 15.5. The van der Waals surface area contributed by atoms with Crippen LogP contribution in [0.3, 0.4) is 0 Å². The predicted octanol–water partition coefficient (Wildman–Crippen LogP) is 3.70. The van der Waals surface area contributed by atoms with Crippen molar-refractivity contribution in [1.29, 1.82) is 0 Å².